The van der Waals surface area contributed by atoms with Gasteiger partial charge < -0.3 is 9.64 Å². The van der Waals surface area contributed by atoms with Crippen LogP contribution in [0.5, 0.6) is 5.88 Å². The number of amides is 2. The van der Waals surface area contributed by atoms with Crippen LogP contribution in [-0.2, 0) is 6.18 Å². The van der Waals surface area contributed by atoms with Crippen molar-refractivity contribution in [2.75, 3.05) is 19.7 Å². The van der Waals surface area contributed by atoms with Gasteiger partial charge in [0.05, 0.1) is 19.0 Å². The van der Waals surface area contributed by atoms with Crippen LogP contribution in [0.1, 0.15) is 26.7 Å². The molecule has 12 heteroatoms. The lowest BCUT2D eigenvalue weighted by Crippen LogP contribution is -2.34. The predicted octanol–water partition coefficient (Wildman–Crippen LogP) is 0.891. The fourth-order valence-electron chi connectivity index (χ4n) is 3.71. The number of hydrogen-bond acceptors (Lipinski definition) is 7. The molecule has 30 heavy (non-hydrogen) atoms. The number of nitrogen functional groups attached to an aromatic ring is 1. The molecule has 2 fully saturated rings. The highest BCUT2D eigenvalue weighted by Crippen LogP contribution is 2.51. The standard InChI is InChI=1S/C18H17F3N6O3/c19-18(20,21)14-2-1-3-15(25-14)30-8-11-9-6-27(7-10(9)11)17(29)13-5-23-4-12(24-13)16(28)26-22/h1-5,9-11H,6-8,22H2,(H,26,28)/t9-,10+,11-. The molecule has 1 saturated carbocycles. The molecule has 1 aliphatic carbocycles. The molecule has 4 rings (SSSR count). The average molecular weight is 422 g/mol. The second-order valence-corrected chi connectivity index (χ2v) is 7.13. The lowest BCUT2D eigenvalue weighted by Gasteiger charge is -2.19. The number of hydrogen-bond donors (Lipinski definition) is 2. The van der Waals surface area contributed by atoms with Crippen molar-refractivity contribution in [3.8, 4) is 5.88 Å². The van der Waals surface area contributed by atoms with Gasteiger partial charge in [0.1, 0.15) is 17.1 Å². The summed E-state index contributed by atoms with van der Waals surface area (Å²) < 4.78 is 43.6. The fourth-order valence-corrected chi connectivity index (χ4v) is 3.71. The maximum Gasteiger partial charge on any atom is 0.433 e. The van der Waals surface area contributed by atoms with Gasteiger partial charge in [-0.3, -0.25) is 20.0 Å². The average Bonchev–Trinajstić information content (AvgIpc) is 3.19. The molecule has 0 spiro atoms. The number of ether oxygens (including phenoxy) is 1. The Labute approximate surface area is 168 Å². The van der Waals surface area contributed by atoms with E-state index in [9.17, 15) is 22.8 Å². The van der Waals surface area contributed by atoms with E-state index in [4.69, 9.17) is 10.6 Å². The summed E-state index contributed by atoms with van der Waals surface area (Å²) in [6, 6.07) is 3.52. The molecule has 3 atom stereocenters. The van der Waals surface area contributed by atoms with E-state index < -0.39 is 17.8 Å². The smallest absolute Gasteiger partial charge is 0.433 e. The molecule has 2 aromatic rings. The Kier molecular flexibility index (Phi) is 5.02. The lowest BCUT2D eigenvalue weighted by molar-refractivity contribution is -0.141. The summed E-state index contributed by atoms with van der Waals surface area (Å²) >= 11 is 0. The van der Waals surface area contributed by atoms with Gasteiger partial charge in [-0.2, -0.15) is 13.2 Å². The van der Waals surface area contributed by atoms with E-state index >= 15 is 0 Å². The summed E-state index contributed by atoms with van der Waals surface area (Å²) in [4.78, 5) is 37.1. The van der Waals surface area contributed by atoms with Crippen LogP contribution in [0, 0.1) is 17.8 Å². The summed E-state index contributed by atoms with van der Waals surface area (Å²) in [7, 11) is 0. The Morgan fingerprint density at radius 2 is 1.87 bits per heavy atom. The van der Waals surface area contributed by atoms with Gasteiger partial charge >= 0.3 is 6.18 Å². The fraction of sp³-hybridized carbons (Fsp3) is 0.389. The van der Waals surface area contributed by atoms with Crippen LogP contribution in [-0.4, -0.2) is 51.4 Å². The first-order valence-corrected chi connectivity index (χ1v) is 9.07. The van der Waals surface area contributed by atoms with Crippen molar-refractivity contribution in [2.24, 2.45) is 23.6 Å². The van der Waals surface area contributed by atoms with Gasteiger partial charge in [0.25, 0.3) is 11.8 Å². The molecule has 0 radical (unpaired) electrons. The van der Waals surface area contributed by atoms with Crippen LogP contribution in [0.15, 0.2) is 30.6 Å². The zero-order chi connectivity index (χ0) is 21.5. The highest BCUT2D eigenvalue weighted by Gasteiger charge is 2.57. The quantitative estimate of drug-likeness (QED) is 0.417. The Hall–Kier alpha value is -3.28. The third-order valence-electron chi connectivity index (χ3n) is 5.31. The number of halogens is 3. The van der Waals surface area contributed by atoms with Crippen molar-refractivity contribution in [1.29, 1.82) is 0 Å². The van der Waals surface area contributed by atoms with Crippen molar-refractivity contribution in [3.63, 3.8) is 0 Å². The third-order valence-corrected chi connectivity index (χ3v) is 5.31. The number of rotatable bonds is 5. The van der Waals surface area contributed by atoms with Crippen LogP contribution >= 0.6 is 0 Å². The number of carbonyl (C=O) groups is 2. The Balaban J connectivity index is 1.31. The van der Waals surface area contributed by atoms with Crippen molar-refractivity contribution in [1.82, 2.24) is 25.3 Å². The Bertz CT molecular complexity index is 974. The first-order chi connectivity index (χ1) is 14.3. The molecule has 3 heterocycles. The molecular weight excluding hydrogens is 405 g/mol. The molecule has 2 aliphatic rings. The maximum atomic E-state index is 12.7. The second kappa shape index (κ2) is 7.52. The molecule has 0 aromatic carbocycles. The first kappa shape index (κ1) is 20.0. The minimum atomic E-state index is -4.53. The van der Waals surface area contributed by atoms with E-state index in [-0.39, 0.29) is 47.5 Å². The zero-order valence-corrected chi connectivity index (χ0v) is 15.5. The first-order valence-electron chi connectivity index (χ1n) is 9.07. The summed E-state index contributed by atoms with van der Waals surface area (Å²) in [5.74, 6) is 4.52. The molecule has 2 aromatic heterocycles. The summed E-state index contributed by atoms with van der Waals surface area (Å²) in [5, 5.41) is 0. The van der Waals surface area contributed by atoms with Gasteiger partial charge in [-0.25, -0.2) is 15.8 Å². The van der Waals surface area contributed by atoms with Gasteiger partial charge in [0, 0.05) is 25.1 Å². The third kappa shape index (κ3) is 3.90. The number of fused-ring (bicyclic) bond motifs is 1. The summed E-state index contributed by atoms with van der Waals surface area (Å²) in [6.45, 7) is 1.18. The number of hydrazine groups is 1. The number of nitrogens with zero attached hydrogens (tertiary/aromatic N) is 4. The van der Waals surface area contributed by atoms with Crippen molar-refractivity contribution in [3.05, 3.63) is 47.7 Å². The molecule has 0 bridgehead atoms. The van der Waals surface area contributed by atoms with Crippen molar-refractivity contribution >= 4 is 11.8 Å². The van der Waals surface area contributed by atoms with Gasteiger partial charge in [0.2, 0.25) is 5.88 Å². The topological polar surface area (TPSA) is 123 Å². The number of nitrogens with two attached hydrogens (primary N) is 1. The molecule has 0 unspecified atom stereocenters. The number of nitrogens with one attached hydrogen (secondary N) is 1. The van der Waals surface area contributed by atoms with Crippen LogP contribution < -0.4 is 16.0 Å². The van der Waals surface area contributed by atoms with E-state index in [1.807, 2.05) is 5.43 Å². The summed E-state index contributed by atoms with van der Waals surface area (Å²) in [5.41, 5.74) is 0.905. The monoisotopic (exact) mass is 422 g/mol. The van der Waals surface area contributed by atoms with E-state index in [1.165, 1.54) is 24.5 Å². The van der Waals surface area contributed by atoms with E-state index in [2.05, 4.69) is 15.0 Å². The van der Waals surface area contributed by atoms with Crippen molar-refractivity contribution < 1.29 is 27.5 Å². The van der Waals surface area contributed by atoms with Gasteiger partial charge in [0.15, 0.2) is 0 Å². The number of piperidine rings is 1. The van der Waals surface area contributed by atoms with Crippen molar-refractivity contribution in [2.45, 2.75) is 6.18 Å². The number of pyridine rings is 1. The molecule has 1 aliphatic heterocycles. The predicted molar refractivity (Wildman–Crippen MR) is 94.8 cm³/mol. The summed E-state index contributed by atoms with van der Waals surface area (Å²) in [6.07, 6.45) is -2.05. The minimum absolute atomic E-state index is 0.0402. The maximum absolute atomic E-state index is 12.7. The van der Waals surface area contributed by atoms with E-state index in [0.29, 0.717) is 13.1 Å². The lowest BCUT2D eigenvalue weighted by atomic mass is 10.2. The number of carbonyl (C=O) groups excluding carboxylic acids is 2. The van der Waals surface area contributed by atoms with Crippen LogP contribution in [0.25, 0.3) is 0 Å². The van der Waals surface area contributed by atoms with Crippen LogP contribution in [0.3, 0.4) is 0 Å². The van der Waals surface area contributed by atoms with Gasteiger partial charge in [-0.1, -0.05) is 6.07 Å². The number of aromatic nitrogens is 3. The molecule has 1 saturated heterocycles. The molecule has 2 amide bonds. The van der Waals surface area contributed by atoms with Crippen LogP contribution in [0.4, 0.5) is 13.2 Å². The minimum Gasteiger partial charge on any atom is -0.477 e. The molecular formula is C18H17F3N6O3. The number of alkyl halides is 3. The van der Waals surface area contributed by atoms with E-state index in [1.54, 1.807) is 4.90 Å². The second-order valence-electron chi connectivity index (χ2n) is 7.13. The SMILES string of the molecule is NNC(=O)c1cncc(C(=O)N2C[C@@H]3[C@H](COc4cccc(C(F)(F)F)n4)[C@@H]3C2)n1. The highest BCUT2D eigenvalue weighted by atomic mass is 19.4. The highest BCUT2D eigenvalue weighted by molar-refractivity contribution is 5.95. The number of likely N-dealkylation sites (tertiary alicyclic amines) is 1. The Morgan fingerprint density at radius 1 is 1.17 bits per heavy atom. The van der Waals surface area contributed by atoms with Crippen LogP contribution in [0.2, 0.25) is 0 Å². The molecule has 9 nitrogen and oxygen atoms in total. The molecule has 158 valence electrons. The Morgan fingerprint density at radius 3 is 2.53 bits per heavy atom. The zero-order valence-electron chi connectivity index (χ0n) is 15.5. The largest absolute Gasteiger partial charge is 0.477 e. The van der Waals surface area contributed by atoms with Gasteiger partial charge in [-0.05, 0) is 17.9 Å². The normalized spacial score (nSPS) is 22.4. The van der Waals surface area contributed by atoms with Gasteiger partial charge in [-0.15, -0.1) is 0 Å². The molecule has 3 N–H and O–H groups in total. The van der Waals surface area contributed by atoms with E-state index in [0.717, 1.165) is 6.07 Å².